The molecule has 1 saturated heterocycles. The fraction of sp³-hybridized carbons (Fsp3) is 0.409. The molecule has 1 heterocycles. The summed E-state index contributed by atoms with van der Waals surface area (Å²) in [7, 11) is -1.85. The van der Waals surface area contributed by atoms with Gasteiger partial charge in [0.05, 0.1) is 11.4 Å². The van der Waals surface area contributed by atoms with Crippen molar-refractivity contribution < 1.29 is 17.6 Å². The maximum absolute atomic E-state index is 13.8. The molecular formula is C22H28FN3O3S. The highest BCUT2D eigenvalue weighted by Gasteiger charge is 2.25. The number of amides is 1. The molecule has 0 saturated carbocycles. The van der Waals surface area contributed by atoms with Gasteiger partial charge in [0.2, 0.25) is 15.9 Å². The molecule has 0 radical (unpaired) electrons. The number of hydrogen-bond acceptors (Lipinski definition) is 4. The molecule has 0 spiro atoms. The van der Waals surface area contributed by atoms with Gasteiger partial charge >= 0.3 is 0 Å². The van der Waals surface area contributed by atoms with E-state index in [0.29, 0.717) is 30.9 Å². The lowest BCUT2D eigenvalue weighted by Gasteiger charge is -2.20. The summed E-state index contributed by atoms with van der Waals surface area (Å²) in [6.45, 7) is 1.40. The van der Waals surface area contributed by atoms with E-state index in [-0.39, 0.29) is 23.2 Å². The summed E-state index contributed by atoms with van der Waals surface area (Å²) in [6.07, 6.45) is 3.82. The zero-order valence-electron chi connectivity index (χ0n) is 17.2. The molecule has 1 N–H and O–H groups in total. The zero-order chi connectivity index (χ0) is 21.6. The molecule has 8 heteroatoms. The minimum Gasteiger partial charge on any atom is -0.325 e. The van der Waals surface area contributed by atoms with Crippen molar-refractivity contribution in [1.82, 2.24) is 9.21 Å². The van der Waals surface area contributed by atoms with Crippen LogP contribution in [0, 0.1) is 5.82 Å². The van der Waals surface area contributed by atoms with Crippen LogP contribution in [0.4, 0.5) is 10.1 Å². The number of halogens is 1. The number of nitrogens with zero attached hydrogens (tertiary/aromatic N) is 2. The number of carbonyl (C=O) groups is 1. The van der Waals surface area contributed by atoms with Crippen LogP contribution in [-0.2, 0) is 21.4 Å². The molecule has 0 aliphatic carbocycles. The van der Waals surface area contributed by atoms with Crippen molar-refractivity contribution in [3.63, 3.8) is 0 Å². The van der Waals surface area contributed by atoms with Crippen LogP contribution in [0.15, 0.2) is 53.4 Å². The Balaban J connectivity index is 1.63. The lowest BCUT2D eigenvalue weighted by molar-refractivity contribution is -0.117. The number of sulfonamides is 1. The molecule has 1 fully saturated rings. The smallest absolute Gasteiger partial charge is 0.243 e. The first-order chi connectivity index (χ1) is 14.4. The Bertz CT molecular complexity index is 973. The van der Waals surface area contributed by atoms with Crippen LogP contribution in [-0.4, -0.2) is 50.2 Å². The molecule has 2 aromatic carbocycles. The molecule has 0 unspecified atom stereocenters. The summed E-state index contributed by atoms with van der Waals surface area (Å²) in [5, 5.41) is 2.74. The first kappa shape index (κ1) is 22.4. The quantitative estimate of drug-likeness (QED) is 0.726. The van der Waals surface area contributed by atoms with E-state index in [1.165, 1.54) is 16.4 Å². The van der Waals surface area contributed by atoms with E-state index in [2.05, 4.69) is 5.32 Å². The maximum Gasteiger partial charge on any atom is 0.243 e. The SMILES string of the molecule is CN(CC(=O)Nc1cccc(S(=O)(=O)N2CCCCCC2)c1)Cc1ccccc1F. The van der Waals surface area contributed by atoms with Crippen molar-refractivity contribution >= 4 is 21.6 Å². The Labute approximate surface area is 177 Å². The van der Waals surface area contributed by atoms with Gasteiger partial charge in [0.1, 0.15) is 5.82 Å². The molecule has 162 valence electrons. The zero-order valence-corrected chi connectivity index (χ0v) is 18.0. The number of benzene rings is 2. The van der Waals surface area contributed by atoms with Crippen molar-refractivity contribution in [3.05, 3.63) is 59.9 Å². The number of anilines is 1. The van der Waals surface area contributed by atoms with Crippen molar-refractivity contribution in [1.29, 1.82) is 0 Å². The van der Waals surface area contributed by atoms with E-state index in [1.807, 2.05) is 0 Å². The highest BCUT2D eigenvalue weighted by atomic mass is 32.2. The van der Waals surface area contributed by atoms with Gasteiger partial charge in [-0.1, -0.05) is 37.1 Å². The average Bonchev–Trinajstić information content (AvgIpc) is 3.00. The average molecular weight is 434 g/mol. The molecule has 3 rings (SSSR count). The van der Waals surface area contributed by atoms with E-state index in [4.69, 9.17) is 0 Å². The number of hydrogen-bond donors (Lipinski definition) is 1. The topological polar surface area (TPSA) is 69.7 Å². The Morgan fingerprint density at radius 3 is 2.47 bits per heavy atom. The van der Waals surface area contributed by atoms with Gasteiger partial charge in [-0.25, -0.2) is 12.8 Å². The second kappa shape index (κ2) is 10.1. The lowest BCUT2D eigenvalue weighted by atomic mass is 10.2. The fourth-order valence-electron chi connectivity index (χ4n) is 3.58. The predicted octanol–water partition coefficient (Wildman–Crippen LogP) is 3.46. The maximum atomic E-state index is 13.8. The second-order valence-corrected chi connectivity index (χ2v) is 9.60. The first-order valence-electron chi connectivity index (χ1n) is 10.2. The van der Waals surface area contributed by atoms with Crippen molar-refractivity contribution in [2.45, 2.75) is 37.1 Å². The van der Waals surface area contributed by atoms with Crippen LogP contribution in [0.25, 0.3) is 0 Å². The third-order valence-electron chi connectivity index (χ3n) is 5.13. The molecular weight excluding hydrogens is 405 g/mol. The number of nitrogens with one attached hydrogen (secondary N) is 1. The van der Waals surface area contributed by atoms with Gasteiger partial charge in [0.15, 0.2) is 0 Å². The third-order valence-corrected chi connectivity index (χ3v) is 7.03. The van der Waals surface area contributed by atoms with Crippen LogP contribution < -0.4 is 5.32 Å². The normalized spacial score (nSPS) is 15.7. The monoisotopic (exact) mass is 433 g/mol. The lowest BCUT2D eigenvalue weighted by Crippen LogP contribution is -2.32. The van der Waals surface area contributed by atoms with E-state index in [0.717, 1.165) is 25.7 Å². The minimum absolute atomic E-state index is 0.0530. The van der Waals surface area contributed by atoms with E-state index in [1.54, 1.807) is 48.3 Å². The van der Waals surface area contributed by atoms with Crippen molar-refractivity contribution in [2.75, 3.05) is 32.0 Å². The summed E-state index contributed by atoms with van der Waals surface area (Å²) in [5.41, 5.74) is 0.938. The first-order valence-corrected chi connectivity index (χ1v) is 11.6. The van der Waals surface area contributed by atoms with Crippen LogP contribution in [0.1, 0.15) is 31.2 Å². The summed E-state index contributed by atoms with van der Waals surface area (Å²) in [6, 6.07) is 12.8. The van der Waals surface area contributed by atoms with Gasteiger partial charge in [-0.3, -0.25) is 9.69 Å². The van der Waals surface area contributed by atoms with Crippen LogP contribution >= 0.6 is 0 Å². The molecule has 30 heavy (non-hydrogen) atoms. The minimum atomic E-state index is -3.58. The van der Waals surface area contributed by atoms with Crippen molar-refractivity contribution in [2.24, 2.45) is 0 Å². The van der Waals surface area contributed by atoms with Gasteiger partial charge in [0, 0.05) is 30.9 Å². The number of likely N-dealkylation sites (N-methyl/N-ethyl adjacent to an activating group) is 1. The molecule has 2 aromatic rings. The van der Waals surface area contributed by atoms with Crippen LogP contribution in [0.5, 0.6) is 0 Å². The van der Waals surface area contributed by atoms with Gasteiger partial charge in [0.25, 0.3) is 0 Å². The highest BCUT2D eigenvalue weighted by Crippen LogP contribution is 2.22. The second-order valence-electron chi connectivity index (χ2n) is 7.66. The van der Waals surface area contributed by atoms with Gasteiger partial charge in [-0.2, -0.15) is 4.31 Å². The van der Waals surface area contributed by atoms with Crippen LogP contribution in [0.2, 0.25) is 0 Å². The highest BCUT2D eigenvalue weighted by molar-refractivity contribution is 7.89. The Hall–Kier alpha value is -2.29. The molecule has 6 nitrogen and oxygen atoms in total. The van der Waals surface area contributed by atoms with Crippen molar-refractivity contribution in [3.8, 4) is 0 Å². The summed E-state index contributed by atoms with van der Waals surface area (Å²) >= 11 is 0. The standard InChI is InChI=1S/C22H28FN3O3S/c1-25(16-18-9-4-5-12-21(18)23)17-22(27)24-19-10-8-11-20(15-19)30(28,29)26-13-6-2-3-7-14-26/h4-5,8-12,15H,2-3,6-7,13-14,16-17H2,1H3,(H,24,27). The summed E-state index contributed by atoms with van der Waals surface area (Å²) in [5.74, 6) is -0.602. The number of carbonyl (C=O) groups excluding carboxylic acids is 1. The molecule has 1 amide bonds. The van der Waals surface area contributed by atoms with Gasteiger partial charge in [-0.05, 0) is 44.2 Å². The van der Waals surface area contributed by atoms with Crippen LogP contribution in [0.3, 0.4) is 0 Å². The van der Waals surface area contributed by atoms with E-state index in [9.17, 15) is 17.6 Å². The van der Waals surface area contributed by atoms with E-state index >= 15 is 0 Å². The molecule has 1 aliphatic heterocycles. The Morgan fingerprint density at radius 1 is 1.07 bits per heavy atom. The molecule has 0 atom stereocenters. The third kappa shape index (κ3) is 5.87. The molecule has 0 aromatic heterocycles. The number of rotatable bonds is 7. The fourth-order valence-corrected chi connectivity index (χ4v) is 5.15. The largest absolute Gasteiger partial charge is 0.325 e. The predicted molar refractivity (Wildman–Crippen MR) is 115 cm³/mol. The molecule has 0 bridgehead atoms. The molecule has 1 aliphatic rings. The summed E-state index contributed by atoms with van der Waals surface area (Å²) < 4.78 is 41.2. The Kier molecular flexibility index (Phi) is 7.58. The van der Waals surface area contributed by atoms with Gasteiger partial charge in [-0.15, -0.1) is 0 Å². The van der Waals surface area contributed by atoms with E-state index < -0.39 is 10.0 Å². The Morgan fingerprint density at radius 2 is 1.77 bits per heavy atom. The summed E-state index contributed by atoms with van der Waals surface area (Å²) in [4.78, 5) is 14.3. The van der Waals surface area contributed by atoms with Gasteiger partial charge < -0.3 is 5.32 Å².